The van der Waals surface area contributed by atoms with Crippen LogP contribution in [0.5, 0.6) is 11.5 Å². The normalized spacial score (nSPS) is 13.0. The van der Waals surface area contributed by atoms with Crippen LogP contribution in [-0.2, 0) is 10.8 Å². The van der Waals surface area contributed by atoms with Crippen molar-refractivity contribution in [3.05, 3.63) is 275 Å². The Morgan fingerprint density at radius 2 is 0.857 bits per heavy atom. The van der Waals surface area contributed by atoms with Crippen molar-refractivity contribution < 1.29 is 9.47 Å². The molecular weight excluding hydrogens is 1190 g/mol. The Hall–Kier alpha value is -10.2. The smallest absolute Gasteiger partial charge is 0.328 e. The molecule has 10 heteroatoms. The van der Waals surface area contributed by atoms with Crippen LogP contribution in [0.1, 0.15) is 143 Å². The van der Waals surface area contributed by atoms with Gasteiger partial charge in [0.15, 0.2) is 0 Å². The lowest BCUT2D eigenvalue weighted by Gasteiger charge is -2.25. The summed E-state index contributed by atoms with van der Waals surface area (Å²) in [5.41, 5.74) is 12.9. The summed E-state index contributed by atoms with van der Waals surface area (Å²) in [4.78, 5) is 15.9. The molecule has 12 aromatic rings. The topological polar surface area (TPSA) is 82.2 Å². The molecule has 8 aromatic carbocycles. The van der Waals surface area contributed by atoms with Gasteiger partial charge in [-0.1, -0.05) is 275 Å². The molecule has 0 saturated heterocycles. The number of pyridine rings is 2. The number of unbranched alkanes of at least 4 members (excludes halogenated alkanes) is 2. The highest BCUT2D eigenvalue weighted by atomic mass is 16.5. The Bertz CT molecular complexity index is 4570. The summed E-state index contributed by atoms with van der Waals surface area (Å²) in [7, 11) is 0. The zero-order chi connectivity index (χ0) is 68.5. The van der Waals surface area contributed by atoms with Gasteiger partial charge < -0.3 is 18.4 Å². The van der Waals surface area contributed by atoms with E-state index in [2.05, 4.69) is 303 Å². The van der Waals surface area contributed by atoms with Crippen LogP contribution in [0.25, 0.3) is 71.2 Å². The molecule has 2 unspecified atom stereocenters. The molecule has 98 heavy (non-hydrogen) atoms. The molecule has 490 valence electrons. The minimum atomic E-state index is -0.553. The molecule has 12 rings (SSSR count). The number of benzene rings is 8. The van der Waals surface area contributed by atoms with E-state index in [4.69, 9.17) is 24.3 Å². The van der Waals surface area contributed by atoms with Crippen molar-refractivity contribution in [1.82, 2.24) is 18.9 Å². The van der Waals surface area contributed by atoms with Crippen LogP contribution >= 0.6 is 0 Å². The predicted molar refractivity (Wildman–Crippen MR) is 412 cm³/mol. The molecule has 0 fully saturated rings. The average molecular weight is 1290 g/mol. The first-order valence-electron chi connectivity index (χ1n) is 35.5. The molecule has 4 aromatic heterocycles. The van der Waals surface area contributed by atoms with Gasteiger partial charge in [-0.05, 0) is 143 Å². The van der Waals surface area contributed by atoms with E-state index in [1.54, 1.807) is 0 Å². The molecule has 0 amide bonds. The number of hydrogen-bond acceptors (Lipinski definition) is 5. The number of fused-ring (bicyclic) bond motifs is 3. The van der Waals surface area contributed by atoms with E-state index in [-0.39, 0.29) is 10.8 Å². The maximum atomic E-state index is 12.7. The van der Waals surface area contributed by atoms with E-state index >= 15 is 0 Å². The third-order valence-electron chi connectivity index (χ3n) is 19.7. The van der Waals surface area contributed by atoms with Crippen LogP contribution in [0.3, 0.4) is 0 Å². The van der Waals surface area contributed by atoms with Crippen molar-refractivity contribution >= 4 is 79.4 Å². The second kappa shape index (κ2) is 30.1. The average Bonchev–Trinajstić information content (AvgIpc) is 1.52. The highest BCUT2D eigenvalue weighted by Crippen LogP contribution is 2.39. The molecule has 0 bridgehead atoms. The Balaban J connectivity index is 1.34. The second-order valence-corrected chi connectivity index (χ2v) is 28.5. The highest BCUT2D eigenvalue weighted by molar-refractivity contribution is 6.85. The lowest BCUT2D eigenvalue weighted by molar-refractivity contribution is 0.233. The first-order chi connectivity index (χ1) is 47.6. The van der Waals surface area contributed by atoms with Crippen LogP contribution < -0.4 is 42.0 Å². The lowest BCUT2D eigenvalue weighted by Crippen LogP contribution is -2.54. The molecule has 2 atom stereocenters. The lowest BCUT2D eigenvalue weighted by atomic mass is 9.50. The maximum absolute atomic E-state index is 12.7. The number of ether oxygens (including phenoxy) is 2. The second-order valence-electron chi connectivity index (χ2n) is 28.5. The van der Waals surface area contributed by atoms with Crippen LogP contribution in [-0.4, -0.2) is 45.8 Å². The quantitative estimate of drug-likeness (QED) is 0.0445. The van der Waals surface area contributed by atoms with Gasteiger partial charge in [-0.25, -0.2) is 9.83 Å². The monoisotopic (exact) mass is 1280 g/mol. The summed E-state index contributed by atoms with van der Waals surface area (Å²) in [6.07, 6.45) is 8.85. The van der Waals surface area contributed by atoms with Crippen molar-refractivity contribution in [3.63, 3.8) is 0 Å². The van der Waals surface area contributed by atoms with Crippen molar-refractivity contribution in [2.45, 2.75) is 131 Å². The standard InChI is InChI=1S/C88H90B2N6O2/c1-12-16-30-61(14-3)59-97-73-48-40-63(41-49-73)83-80-81(86(96(83)90(71-36-26-20-27-37-71)72-38-28-21-29-39-72)82(92-11)79-53-45-66-57-68(88(8,9)10)47-55-77(66)94-79)84(64-42-50-74(51-43-64)98-60-62(15-4)31-17-13-2)95(89(69-32-22-18-23-33-69)70-34-24-19-25-35-70)85(80)75(58-91)78-52-44-65-56-67(87(5,6)7)46-54-76(65)93-78/h18-29,32-57,61-62H,12-17,30-31,59-60H2,1-10H3/b85-75-,86-82+. The molecule has 0 radical (unpaired) electrons. The van der Waals surface area contributed by atoms with Gasteiger partial charge in [0.2, 0.25) is 5.70 Å². The van der Waals surface area contributed by atoms with Gasteiger partial charge in [-0.3, -0.25) is 4.98 Å². The summed E-state index contributed by atoms with van der Waals surface area (Å²) >= 11 is 0. The molecule has 4 heterocycles. The Labute approximate surface area is 581 Å². The van der Waals surface area contributed by atoms with Crippen molar-refractivity contribution in [2.24, 2.45) is 11.8 Å². The SMILES string of the molecule is [C-]#[N+]/C(c1ccc2cc(C(C)(C)C)ccc2n1)=c1\c2c(-c3ccc(OCC(CC)CCCC)cc3)n(B(c3ccccc3)c3ccccc3)/c(=C(/C#N)c3ccc4cc(C(C)(C)C)ccc4n3)c2c(-c2ccc(OCC(CC)CCCC)cc2)n1B(c1ccccc1)c1ccccc1. The Morgan fingerprint density at radius 1 is 0.480 bits per heavy atom. The first-order valence-corrected chi connectivity index (χ1v) is 35.5. The zero-order valence-corrected chi connectivity index (χ0v) is 58.8. The summed E-state index contributed by atoms with van der Waals surface area (Å²) in [6, 6.07) is 83.9. The van der Waals surface area contributed by atoms with Gasteiger partial charge in [-0.15, -0.1) is 0 Å². The first kappa shape index (κ1) is 67.8. The van der Waals surface area contributed by atoms with Gasteiger partial charge in [0.1, 0.15) is 23.1 Å². The predicted octanol–water partition coefficient (Wildman–Crippen LogP) is 17.8. The zero-order valence-electron chi connectivity index (χ0n) is 58.8. The largest absolute Gasteiger partial charge is 0.493 e. The molecule has 0 saturated carbocycles. The van der Waals surface area contributed by atoms with Crippen molar-refractivity contribution in [2.75, 3.05) is 13.2 Å². The summed E-state index contributed by atoms with van der Waals surface area (Å²) in [5.74, 6) is 2.39. The molecule has 8 nitrogen and oxygen atoms in total. The van der Waals surface area contributed by atoms with Gasteiger partial charge in [0, 0.05) is 38.3 Å². The van der Waals surface area contributed by atoms with E-state index in [0.29, 0.717) is 58.4 Å². The number of aromatic nitrogens is 4. The number of rotatable bonds is 24. The third-order valence-corrected chi connectivity index (χ3v) is 19.7. The fraction of sp³-hybridized carbons (Fsp3) is 0.273. The molecule has 0 aliphatic heterocycles. The van der Waals surface area contributed by atoms with Crippen LogP contribution in [0.2, 0.25) is 0 Å². The van der Waals surface area contributed by atoms with Gasteiger partial charge in [0.05, 0.1) is 47.6 Å². The number of hydrogen-bond donors (Lipinski definition) is 0. The van der Waals surface area contributed by atoms with Gasteiger partial charge in [0.25, 0.3) is 0 Å². The van der Waals surface area contributed by atoms with Crippen molar-refractivity contribution in [1.29, 1.82) is 5.26 Å². The minimum Gasteiger partial charge on any atom is -0.493 e. The van der Waals surface area contributed by atoms with Crippen LogP contribution in [0.4, 0.5) is 0 Å². The molecule has 0 spiro atoms. The number of nitrogens with zero attached hydrogens (tertiary/aromatic N) is 6. The van der Waals surface area contributed by atoms with Crippen LogP contribution in [0, 0.1) is 29.7 Å². The molecule has 0 aliphatic carbocycles. The molecular formula is C88H90B2N6O2. The van der Waals surface area contributed by atoms with E-state index in [0.717, 1.165) is 140 Å². The summed E-state index contributed by atoms with van der Waals surface area (Å²) in [5, 5.41) is 17.6. The molecule has 0 N–H and O–H groups in total. The Morgan fingerprint density at radius 3 is 1.22 bits per heavy atom. The fourth-order valence-corrected chi connectivity index (χ4v) is 14.0. The maximum Gasteiger partial charge on any atom is 0.328 e. The summed E-state index contributed by atoms with van der Waals surface area (Å²) < 4.78 is 18.4. The summed E-state index contributed by atoms with van der Waals surface area (Å²) in [6.45, 7) is 32.4. The minimum absolute atomic E-state index is 0.1000. The van der Waals surface area contributed by atoms with Gasteiger partial charge in [-0.2, -0.15) is 5.26 Å². The fourth-order valence-electron chi connectivity index (χ4n) is 14.0. The third kappa shape index (κ3) is 14.3. The van der Waals surface area contributed by atoms with Gasteiger partial charge >= 0.3 is 13.7 Å². The van der Waals surface area contributed by atoms with E-state index in [9.17, 15) is 11.8 Å². The van der Waals surface area contributed by atoms with Crippen LogP contribution in [0.15, 0.2) is 231 Å². The highest BCUT2D eigenvalue weighted by Gasteiger charge is 2.38. The van der Waals surface area contributed by atoms with E-state index in [1.807, 2.05) is 12.1 Å². The van der Waals surface area contributed by atoms with Crippen molar-refractivity contribution in [3.8, 4) is 40.1 Å². The Kier molecular flexibility index (Phi) is 20.8. The van der Waals surface area contributed by atoms with E-state index < -0.39 is 13.7 Å². The number of nitriles is 1. The van der Waals surface area contributed by atoms with E-state index in [1.165, 1.54) is 11.1 Å². The molecule has 0 aliphatic rings.